The summed E-state index contributed by atoms with van der Waals surface area (Å²) < 4.78 is 0. The molecule has 1 aliphatic carbocycles. The Bertz CT molecular complexity index is 389. The van der Waals surface area contributed by atoms with Gasteiger partial charge in [-0.25, -0.2) is 0 Å². The third-order valence-corrected chi connectivity index (χ3v) is 5.71. The van der Waals surface area contributed by atoms with E-state index in [9.17, 15) is 4.79 Å². The third-order valence-electron chi connectivity index (χ3n) is 5.71. The lowest BCUT2D eigenvalue weighted by Gasteiger charge is -2.55. The maximum absolute atomic E-state index is 12.8. The number of amides is 1. The van der Waals surface area contributed by atoms with Gasteiger partial charge in [0, 0.05) is 50.2 Å². The van der Waals surface area contributed by atoms with Crippen molar-refractivity contribution in [1.29, 1.82) is 0 Å². The molecule has 120 valence electrons. The highest BCUT2D eigenvalue weighted by Gasteiger charge is 2.42. The predicted molar refractivity (Wildman–Crippen MR) is 85.2 cm³/mol. The summed E-state index contributed by atoms with van der Waals surface area (Å²) in [5.41, 5.74) is 0.234. The average molecular weight is 293 g/mol. The molecular formula is C17H31N3O. The van der Waals surface area contributed by atoms with Gasteiger partial charge in [0.05, 0.1) is 0 Å². The minimum atomic E-state index is 0.234. The summed E-state index contributed by atoms with van der Waals surface area (Å²) in [5.74, 6) is 0.764. The molecule has 0 N–H and O–H groups in total. The highest BCUT2D eigenvalue weighted by molar-refractivity contribution is 5.79. The summed E-state index contributed by atoms with van der Waals surface area (Å²) in [6.07, 6.45) is 6.05. The molecule has 2 saturated heterocycles. The standard InChI is InChI=1S/C17H31N3O/c1-17(2)13-18(3)11-15-12-19(9-10-20(15)17)16(21)14-7-5-4-6-8-14/h14-15H,4-13H2,1-3H3/t15-/m1/s1. The fourth-order valence-electron chi connectivity index (χ4n) is 4.79. The van der Waals surface area contributed by atoms with Crippen molar-refractivity contribution in [3.8, 4) is 0 Å². The molecule has 0 aromatic heterocycles. The Morgan fingerprint density at radius 1 is 1.05 bits per heavy atom. The molecule has 3 rings (SSSR count). The van der Waals surface area contributed by atoms with Crippen LogP contribution in [0.5, 0.6) is 0 Å². The quantitative estimate of drug-likeness (QED) is 0.738. The molecule has 1 saturated carbocycles. The molecule has 0 aromatic carbocycles. The average Bonchev–Trinajstić information content (AvgIpc) is 2.45. The van der Waals surface area contributed by atoms with Gasteiger partial charge < -0.3 is 9.80 Å². The van der Waals surface area contributed by atoms with Crippen LogP contribution in [0.25, 0.3) is 0 Å². The van der Waals surface area contributed by atoms with Crippen molar-refractivity contribution in [2.75, 3.05) is 39.8 Å². The first kappa shape index (κ1) is 15.3. The van der Waals surface area contributed by atoms with Crippen LogP contribution in [0, 0.1) is 5.92 Å². The summed E-state index contributed by atoms with van der Waals surface area (Å²) in [5, 5.41) is 0. The smallest absolute Gasteiger partial charge is 0.225 e. The molecule has 0 spiro atoms. The fourth-order valence-corrected chi connectivity index (χ4v) is 4.79. The van der Waals surface area contributed by atoms with E-state index in [1.54, 1.807) is 0 Å². The number of carbonyl (C=O) groups is 1. The van der Waals surface area contributed by atoms with Crippen LogP contribution >= 0.6 is 0 Å². The lowest BCUT2D eigenvalue weighted by molar-refractivity contribution is -0.143. The number of nitrogens with zero attached hydrogens (tertiary/aromatic N) is 3. The summed E-state index contributed by atoms with van der Waals surface area (Å²) in [7, 11) is 2.21. The summed E-state index contributed by atoms with van der Waals surface area (Å²) >= 11 is 0. The van der Waals surface area contributed by atoms with Gasteiger partial charge in [-0.05, 0) is 33.7 Å². The number of carbonyl (C=O) groups excluding carboxylic acids is 1. The van der Waals surface area contributed by atoms with Crippen LogP contribution in [-0.4, -0.2) is 72.0 Å². The number of rotatable bonds is 1. The van der Waals surface area contributed by atoms with E-state index in [0.717, 1.165) is 45.6 Å². The minimum Gasteiger partial charge on any atom is -0.340 e. The zero-order chi connectivity index (χ0) is 15.0. The van der Waals surface area contributed by atoms with Gasteiger partial charge in [-0.1, -0.05) is 19.3 Å². The lowest BCUT2D eigenvalue weighted by atomic mass is 9.87. The second-order valence-electron chi connectivity index (χ2n) is 7.98. The van der Waals surface area contributed by atoms with Crippen LogP contribution in [0.15, 0.2) is 0 Å². The van der Waals surface area contributed by atoms with Crippen molar-refractivity contribution < 1.29 is 4.79 Å². The predicted octanol–water partition coefficient (Wildman–Crippen LogP) is 1.80. The SMILES string of the molecule is CN1C[C@@H]2CN(C(=O)C3CCCCC3)CCN2C(C)(C)C1. The number of hydrogen-bond donors (Lipinski definition) is 0. The van der Waals surface area contributed by atoms with Crippen LogP contribution in [-0.2, 0) is 4.79 Å². The molecular weight excluding hydrogens is 262 g/mol. The molecule has 1 atom stereocenters. The van der Waals surface area contributed by atoms with E-state index in [2.05, 4.69) is 35.6 Å². The molecule has 0 bridgehead atoms. The maximum Gasteiger partial charge on any atom is 0.225 e. The Labute approximate surface area is 129 Å². The van der Waals surface area contributed by atoms with Crippen molar-refractivity contribution in [3.63, 3.8) is 0 Å². The van der Waals surface area contributed by atoms with Gasteiger partial charge in [0.25, 0.3) is 0 Å². The molecule has 1 amide bonds. The molecule has 0 unspecified atom stereocenters. The summed E-state index contributed by atoms with van der Waals surface area (Å²) in [6, 6.07) is 0.514. The van der Waals surface area contributed by atoms with Gasteiger partial charge in [-0.3, -0.25) is 9.69 Å². The van der Waals surface area contributed by atoms with Gasteiger partial charge >= 0.3 is 0 Å². The Morgan fingerprint density at radius 3 is 2.48 bits per heavy atom. The Balaban J connectivity index is 1.64. The molecule has 4 heteroatoms. The molecule has 4 nitrogen and oxygen atoms in total. The van der Waals surface area contributed by atoms with E-state index in [0.29, 0.717) is 17.9 Å². The first-order valence-electron chi connectivity index (χ1n) is 8.71. The number of likely N-dealkylation sites (N-methyl/N-ethyl adjacent to an activating group) is 1. The van der Waals surface area contributed by atoms with Crippen molar-refractivity contribution in [2.45, 2.75) is 57.5 Å². The van der Waals surface area contributed by atoms with E-state index in [-0.39, 0.29) is 5.54 Å². The zero-order valence-corrected chi connectivity index (χ0v) is 14.0. The van der Waals surface area contributed by atoms with Gasteiger partial charge in [-0.15, -0.1) is 0 Å². The number of fused-ring (bicyclic) bond motifs is 1. The van der Waals surface area contributed by atoms with E-state index >= 15 is 0 Å². The highest BCUT2D eigenvalue weighted by atomic mass is 16.2. The number of piperazine rings is 2. The zero-order valence-electron chi connectivity index (χ0n) is 14.0. The first-order chi connectivity index (χ1) is 9.97. The van der Waals surface area contributed by atoms with Crippen LogP contribution in [0.3, 0.4) is 0 Å². The van der Waals surface area contributed by atoms with E-state index < -0.39 is 0 Å². The lowest BCUT2D eigenvalue weighted by Crippen LogP contribution is -2.69. The molecule has 3 fully saturated rings. The first-order valence-corrected chi connectivity index (χ1v) is 8.71. The summed E-state index contributed by atoms with van der Waals surface area (Å²) in [4.78, 5) is 20.0. The van der Waals surface area contributed by atoms with Gasteiger partial charge in [0.2, 0.25) is 5.91 Å². The van der Waals surface area contributed by atoms with Gasteiger partial charge in [0.1, 0.15) is 0 Å². The van der Waals surface area contributed by atoms with Crippen LogP contribution in [0.2, 0.25) is 0 Å². The second-order valence-corrected chi connectivity index (χ2v) is 7.98. The van der Waals surface area contributed by atoms with Crippen LogP contribution in [0.1, 0.15) is 46.0 Å². The molecule has 21 heavy (non-hydrogen) atoms. The Hall–Kier alpha value is -0.610. The molecule has 0 aromatic rings. The van der Waals surface area contributed by atoms with Crippen molar-refractivity contribution in [1.82, 2.24) is 14.7 Å². The van der Waals surface area contributed by atoms with Gasteiger partial charge in [-0.2, -0.15) is 0 Å². The topological polar surface area (TPSA) is 26.8 Å². The van der Waals surface area contributed by atoms with E-state index in [1.807, 2.05) is 0 Å². The third kappa shape index (κ3) is 3.11. The monoisotopic (exact) mass is 293 g/mol. The van der Waals surface area contributed by atoms with Crippen LogP contribution in [0.4, 0.5) is 0 Å². The highest BCUT2D eigenvalue weighted by Crippen LogP contribution is 2.30. The number of hydrogen-bond acceptors (Lipinski definition) is 3. The maximum atomic E-state index is 12.8. The summed E-state index contributed by atoms with van der Waals surface area (Å²) in [6.45, 7) is 9.81. The van der Waals surface area contributed by atoms with Crippen LogP contribution < -0.4 is 0 Å². The molecule has 2 aliphatic heterocycles. The Morgan fingerprint density at radius 2 is 1.76 bits per heavy atom. The van der Waals surface area contributed by atoms with E-state index in [4.69, 9.17) is 0 Å². The largest absolute Gasteiger partial charge is 0.340 e. The van der Waals surface area contributed by atoms with Crippen molar-refractivity contribution in [3.05, 3.63) is 0 Å². The second kappa shape index (κ2) is 5.88. The van der Waals surface area contributed by atoms with Crippen molar-refractivity contribution >= 4 is 5.91 Å². The molecule has 2 heterocycles. The Kier molecular flexibility index (Phi) is 4.28. The molecule has 0 radical (unpaired) electrons. The normalized spacial score (nSPS) is 32.0. The van der Waals surface area contributed by atoms with E-state index in [1.165, 1.54) is 19.3 Å². The van der Waals surface area contributed by atoms with Crippen molar-refractivity contribution in [2.24, 2.45) is 5.92 Å². The fraction of sp³-hybridized carbons (Fsp3) is 0.941. The van der Waals surface area contributed by atoms with Gasteiger partial charge in [0.15, 0.2) is 0 Å². The molecule has 3 aliphatic rings. The minimum absolute atomic E-state index is 0.234.